The van der Waals surface area contributed by atoms with Gasteiger partial charge in [-0.25, -0.2) is 0 Å². The molecule has 5 nitrogen and oxygen atoms in total. The molecule has 0 bridgehead atoms. The maximum atomic E-state index is 5.77. The van der Waals surface area contributed by atoms with Gasteiger partial charge in [0.2, 0.25) is 5.89 Å². The number of likely N-dealkylation sites (tertiary alicyclic amines) is 1. The zero-order chi connectivity index (χ0) is 13.0. The van der Waals surface area contributed by atoms with Gasteiger partial charge in [0, 0.05) is 19.0 Å². The molecule has 18 heavy (non-hydrogen) atoms. The molecule has 5 heteroatoms. The predicted molar refractivity (Wildman–Crippen MR) is 69.9 cm³/mol. The first-order valence-electron chi connectivity index (χ1n) is 6.98. The van der Waals surface area contributed by atoms with Gasteiger partial charge in [0.05, 0.1) is 6.54 Å². The van der Waals surface area contributed by atoms with Crippen LogP contribution in [-0.2, 0) is 13.0 Å². The van der Waals surface area contributed by atoms with Crippen molar-refractivity contribution in [1.29, 1.82) is 0 Å². The largest absolute Gasteiger partial charge is 0.338 e. The van der Waals surface area contributed by atoms with Crippen LogP contribution in [0.1, 0.15) is 44.8 Å². The molecule has 1 fully saturated rings. The summed E-state index contributed by atoms with van der Waals surface area (Å²) in [5.41, 5.74) is 5.77. The fourth-order valence-electron chi connectivity index (χ4n) is 2.53. The van der Waals surface area contributed by atoms with Crippen LogP contribution < -0.4 is 5.73 Å². The first kappa shape index (κ1) is 13.5. The lowest BCUT2D eigenvalue weighted by Gasteiger charge is -2.36. The van der Waals surface area contributed by atoms with Gasteiger partial charge in [-0.2, -0.15) is 4.98 Å². The highest BCUT2D eigenvalue weighted by atomic mass is 16.5. The summed E-state index contributed by atoms with van der Waals surface area (Å²) in [6, 6.07) is 0.578. The molecule has 1 saturated heterocycles. The lowest BCUT2D eigenvalue weighted by Crippen LogP contribution is -2.43. The van der Waals surface area contributed by atoms with E-state index in [1.54, 1.807) is 0 Å². The second-order valence-electron chi connectivity index (χ2n) is 5.31. The van der Waals surface area contributed by atoms with Gasteiger partial charge in [-0.1, -0.05) is 12.1 Å². The minimum absolute atomic E-state index is 0.578. The number of hydrogen-bond donors (Lipinski definition) is 1. The van der Waals surface area contributed by atoms with Crippen molar-refractivity contribution in [2.24, 2.45) is 11.7 Å². The van der Waals surface area contributed by atoms with Crippen LogP contribution in [0.15, 0.2) is 4.52 Å². The van der Waals surface area contributed by atoms with Gasteiger partial charge in [-0.05, 0) is 38.6 Å². The molecule has 1 aromatic heterocycles. The van der Waals surface area contributed by atoms with E-state index < -0.39 is 0 Å². The van der Waals surface area contributed by atoms with Gasteiger partial charge >= 0.3 is 0 Å². The van der Waals surface area contributed by atoms with E-state index in [1.807, 2.05) is 0 Å². The first-order valence-corrected chi connectivity index (χ1v) is 6.98. The number of aryl methyl sites for hydroxylation is 1. The van der Waals surface area contributed by atoms with E-state index in [2.05, 4.69) is 28.9 Å². The molecule has 0 aliphatic carbocycles. The van der Waals surface area contributed by atoms with Gasteiger partial charge in [0.1, 0.15) is 0 Å². The van der Waals surface area contributed by atoms with Crippen molar-refractivity contribution in [1.82, 2.24) is 15.0 Å². The van der Waals surface area contributed by atoms with Crippen LogP contribution in [0, 0.1) is 5.92 Å². The molecular formula is C13H24N4O. The Bertz CT molecular complexity index is 366. The third-order valence-electron chi connectivity index (χ3n) is 3.76. The van der Waals surface area contributed by atoms with E-state index >= 15 is 0 Å². The maximum absolute atomic E-state index is 5.77. The normalized spacial score (nSPS) is 25.5. The summed E-state index contributed by atoms with van der Waals surface area (Å²) in [6.45, 7) is 6.95. The second-order valence-corrected chi connectivity index (χ2v) is 5.31. The molecule has 0 saturated carbocycles. The Hall–Kier alpha value is -0.940. The summed E-state index contributed by atoms with van der Waals surface area (Å²) in [6.07, 6.45) is 4.38. The average Bonchev–Trinajstić information content (AvgIpc) is 2.80. The summed E-state index contributed by atoms with van der Waals surface area (Å²) < 4.78 is 5.30. The van der Waals surface area contributed by atoms with Gasteiger partial charge in [-0.15, -0.1) is 0 Å². The third kappa shape index (κ3) is 3.29. The van der Waals surface area contributed by atoms with E-state index in [1.165, 1.54) is 12.8 Å². The van der Waals surface area contributed by atoms with Crippen LogP contribution in [0.3, 0.4) is 0 Å². The van der Waals surface area contributed by atoms with Gasteiger partial charge < -0.3 is 10.3 Å². The number of piperidine rings is 1. The minimum Gasteiger partial charge on any atom is -0.338 e. The van der Waals surface area contributed by atoms with E-state index in [0.29, 0.717) is 12.0 Å². The Morgan fingerprint density at radius 3 is 3.00 bits per heavy atom. The summed E-state index contributed by atoms with van der Waals surface area (Å²) in [7, 11) is 0. The number of hydrogen-bond acceptors (Lipinski definition) is 5. The van der Waals surface area contributed by atoms with E-state index in [4.69, 9.17) is 10.3 Å². The molecule has 2 atom stereocenters. The van der Waals surface area contributed by atoms with Crippen molar-refractivity contribution in [3.63, 3.8) is 0 Å². The quantitative estimate of drug-likeness (QED) is 0.861. The smallest absolute Gasteiger partial charge is 0.240 e. The monoisotopic (exact) mass is 252 g/mol. The molecule has 0 radical (unpaired) electrons. The average molecular weight is 252 g/mol. The van der Waals surface area contributed by atoms with Gasteiger partial charge in [0.25, 0.3) is 0 Å². The topological polar surface area (TPSA) is 68.2 Å². The third-order valence-corrected chi connectivity index (χ3v) is 3.76. The molecule has 2 heterocycles. The Kier molecular flexibility index (Phi) is 4.72. The van der Waals surface area contributed by atoms with Crippen LogP contribution in [0.4, 0.5) is 0 Å². The summed E-state index contributed by atoms with van der Waals surface area (Å²) in [5, 5.41) is 4.00. The van der Waals surface area contributed by atoms with Crippen LogP contribution in [0.5, 0.6) is 0 Å². The van der Waals surface area contributed by atoms with Crippen LogP contribution in [0.2, 0.25) is 0 Å². The molecule has 1 aliphatic rings. The van der Waals surface area contributed by atoms with Gasteiger partial charge in [0.15, 0.2) is 5.82 Å². The van der Waals surface area contributed by atoms with Crippen LogP contribution >= 0.6 is 0 Å². The molecule has 2 N–H and O–H groups in total. The molecule has 1 aliphatic heterocycles. The molecular weight excluding hydrogens is 228 g/mol. The Labute approximate surface area is 109 Å². The summed E-state index contributed by atoms with van der Waals surface area (Å²) in [4.78, 5) is 6.84. The van der Waals surface area contributed by atoms with E-state index in [0.717, 1.165) is 44.2 Å². The molecule has 0 amide bonds. The minimum atomic E-state index is 0.578. The Balaban J connectivity index is 1.93. The zero-order valence-corrected chi connectivity index (χ0v) is 11.4. The van der Waals surface area contributed by atoms with Crippen molar-refractivity contribution < 1.29 is 4.52 Å². The van der Waals surface area contributed by atoms with Crippen molar-refractivity contribution in [3.05, 3.63) is 11.7 Å². The summed E-state index contributed by atoms with van der Waals surface area (Å²) >= 11 is 0. The standard InChI is InChI=1S/C13H24N4O/c1-3-4-12-15-13(18-16-12)9-17-8-11(7-14)6-5-10(17)2/h10-11H,3-9,14H2,1-2H3. The van der Waals surface area contributed by atoms with E-state index in [9.17, 15) is 0 Å². The predicted octanol–water partition coefficient (Wildman–Crippen LogP) is 1.58. The van der Waals surface area contributed by atoms with Crippen molar-refractivity contribution >= 4 is 0 Å². The molecule has 2 rings (SSSR count). The Morgan fingerprint density at radius 2 is 2.28 bits per heavy atom. The number of nitrogens with two attached hydrogens (primary N) is 1. The first-order chi connectivity index (χ1) is 8.72. The van der Waals surface area contributed by atoms with Crippen LogP contribution in [0.25, 0.3) is 0 Å². The number of aromatic nitrogens is 2. The van der Waals surface area contributed by atoms with Crippen LogP contribution in [-0.4, -0.2) is 34.2 Å². The molecule has 2 unspecified atom stereocenters. The maximum Gasteiger partial charge on any atom is 0.240 e. The van der Waals surface area contributed by atoms with E-state index in [-0.39, 0.29) is 0 Å². The SMILES string of the molecule is CCCc1noc(CN2CC(CN)CCC2C)n1. The fourth-order valence-corrected chi connectivity index (χ4v) is 2.53. The highest BCUT2D eigenvalue weighted by Gasteiger charge is 2.25. The second kappa shape index (κ2) is 6.29. The lowest BCUT2D eigenvalue weighted by atomic mass is 9.93. The van der Waals surface area contributed by atoms with Crippen molar-refractivity contribution in [2.45, 2.75) is 52.1 Å². The number of nitrogens with zero attached hydrogens (tertiary/aromatic N) is 3. The van der Waals surface area contributed by atoms with Crippen molar-refractivity contribution in [2.75, 3.05) is 13.1 Å². The van der Waals surface area contributed by atoms with Crippen molar-refractivity contribution in [3.8, 4) is 0 Å². The fraction of sp³-hybridized carbons (Fsp3) is 0.846. The lowest BCUT2D eigenvalue weighted by molar-refractivity contribution is 0.100. The van der Waals surface area contributed by atoms with Gasteiger partial charge in [-0.3, -0.25) is 4.90 Å². The highest BCUT2D eigenvalue weighted by Crippen LogP contribution is 2.22. The molecule has 0 spiro atoms. The Morgan fingerprint density at radius 1 is 1.44 bits per heavy atom. The summed E-state index contributed by atoms with van der Waals surface area (Å²) in [5.74, 6) is 2.18. The molecule has 102 valence electrons. The highest BCUT2D eigenvalue weighted by molar-refractivity contribution is 4.89. The number of rotatable bonds is 5. The molecule has 1 aromatic rings. The molecule has 0 aromatic carbocycles. The zero-order valence-electron chi connectivity index (χ0n) is 11.4.